The Balaban J connectivity index is 1.75. The van der Waals surface area contributed by atoms with Crippen LogP contribution in [0.1, 0.15) is 31.4 Å². The third kappa shape index (κ3) is 5.77. The quantitative estimate of drug-likeness (QED) is 0.796. The van der Waals surface area contributed by atoms with Gasteiger partial charge in [-0.1, -0.05) is 38.1 Å². The molecule has 1 aliphatic heterocycles. The maximum absolute atomic E-state index is 5.26. The Kier molecular flexibility index (Phi) is 6.68. The summed E-state index contributed by atoms with van der Waals surface area (Å²) in [4.78, 5) is 2.54. The van der Waals surface area contributed by atoms with E-state index < -0.39 is 0 Å². The van der Waals surface area contributed by atoms with E-state index in [0.29, 0.717) is 6.04 Å². The van der Waals surface area contributed by atoms with Crippen LogP contribution in [0, 0.1) is 5.92 Å². The summed E-state index contributed by atoms with van der Waals surface area (Å²) in [5.41, 5.74) is 2.85. The molecule has 0 amide bonds. The van der Waals surface area contributed by atoms with E-state index in [9.17, 15) is 0 Å². The number of hydrogen-bond acceptors (Lipinski definition) is 3. The second-order valence-electron chi connectivity index (χ2n) is 6.52. The first kappa shape index (κ1) is 16.5. The third-order valence-electron chi connectivity index (χ3n) is 4.17. The Bertz CT molecular complexity index is 402. The van der Waals surface area contributed by atoms with Crippen LogP contribution >= 0.6 is 0 Å². The van der Waals surface area contributed by atoms with Gasteiger partial charge in [-0.15, -0.1) is 0 Å². The molecule has 21 heavy (non-hydrogen) atoms. The monoisotopic (exact) mass is 290 g/mol. The lowest BCUT2D eigenvalue weighted by molar-refractivity contribution is 0.152. The summed E-state index contributed by atoms with van der Waals surface area (Å²) in [6.45, 7) is 9.79. The molecule has 1 heterocycles. The van der Waals surface area contributed by atoms with E-state index in [4.69, 9.17) is 4.74 Å². The van der Waals surface area contributed by atoms with Gasteiger partial charge >= 0.3 is 0 Å². The van der Waals surface area contributed by atoms with Crippen molar-refractivity contribution in [3.8, 4) is 0 Å². The average molecular weight is 290 g/mol. The molecule has 118 valence electrons. The van der Waals surface area contributed by atoms with Gasteiger partial charge in [0.2, 0.25) is 0 Å². The van der Waals surface area contributed by atoms with Gasteiger partial charge in [-0.25, -0.2) is 0 Å². The Labute approximate surface area is 129 Å². The highest BCUT2D eigenvalue weighted by Crippen LogP contribution is 2.19. The summed E-state index contributed by atoms with van der Waals surface area (Å²) >= 11 is 0. The molecule has 0 aromatic heterocycles. The zero-order valence-corrected chi connectivity index (χ0v) is 13.8. The van der Waals surface area contributed by atoms with Crippen molar-refractivity contribution in [2.24, 2.45) is 5.92 Å². The molecule has 1 unspecified atom stereocenters. The molecule has 1 N–H and O–H groups in total. The van der Waals surface area contributed by atoms with E-state index in [1.807, 2.05) is 0 Å². The van der Waals surface area contributed by atoms with Crippen LogP contribution in [0.4, 0.5) is 0 Å². The van der Waals surface area contributed by atoms with Crippen LogP contribution in [0.15, 0.2) is 24.3 Å². The summed E-state index contributed by atoms with van der Waals surface area (Å²) in [5.74, 6) is 0.719. The van der Waals surface area contributed by atoms with Crippen molar-refractivity contribution in [3.63, 3.8) is 0 Å². The van der Waals surface area contributed by atoms with Crippen LogP contribution < -0.4 is 5.32 Å². The molecule has 1 aromatic carbocycles. The minimum atomic E-state index is 0.569. The van der Waals surface area contributed by atoms with Crippen molar-refractivity contribution in [1.82, 2.24) is 10.2 Å². The normalized spacial score (nSPS) is 19.5. The zero-order valence-electron chi connectivity index (χ0n) is 13.8. The van der Waals surface area contributed by atoms with Gasteiger partial charge in [0.15, 0.2) is 0 Å². The van der Waals surface area contributed by atoms with Gasteiger partial charge in [-0.05, 0) is 43.0 Å². The summed E-state index contributed by atoms with van der Waals surface area (Å²) in [6, 6.07) is 9.70. The number of rotatable bonds is 8. The first-order chi connectivity index (χ1) is 10.2. The van der Waals surface area contributed by atoms with Crippen molar-refractivity contribution in [1.29, 1.82) is 0 Å². The van der Waals surface area contributed by atoms with Gasteiger partial charge < -0.3 is 10.1 Å². The second-order valence-corrected chi connectivity index (χ2v) is 6.52. The molecular formula is C18H30N2O. The fourth-order valence-electron chi connectivity index (χ4n) is 3.00. The Morgan fingerprint density at radius 3 is 2.62 bits per heavy atom. The molecule has 0 spiro atoms. The van der Waals surface area contributed by atoms with Gasteiger partial charge in [0.1, 0.15) is 0 Å². The van der Waals surface area contributed by atoms with E-state index in [1.54, 1.807) is 7.11 Å². The Hall–Kier alpha value is -0.900. The van der Waals surface area contributed by atoms with Gasteiger partial charge in [-0.2, -0.15) is 0 Å². The topological polar surface area (TPSA) is 24.5 Å². The van der Waals surface area contributed by atoms with Crippen molar-refractivity contribution >= 4 is 0 Å². The molecule has 2 rings (SSSR count). The molecule has 3 nitrogen and oxygen atoms in total. The number of hydrogen-bond donors (Lipinski definition) is 1. The molecular weight excluding hydrogens is 260 g/mol. The van der Waals surface area contributed by atoms with Crippen LogP contribution in [-0.4, -0.2) is 44.3 Å². The van der Waals surface area contributed by atoms with Gasteiger partial charge in [0.05, 0.1) is 6.61 Å². The smallest absolute Gasteiger partial charge is 0.0503 e. The first-order valence-corrected chi connectivity index (χ1v) is 8.20. The van der Waals surface area contributed by atoms with Crippen molar-refractivity contribution in [2.45, 2.75) is 39.3 Å². The van der Waals surface area contributed by atoms with Crippen molar-refractivity contribution in [2.75, 3.05) is 33.4 Å². The molecule has 1 saturated heterocycles. The van der Waals surface area contributed by atoms with E-state index in [2.05, 4.69) is 48.3 Å². The standard InChI is InChI=1S/C18H30N2O/c1-15(2)19-10-8-16-4-6-17(7-5-16)12-20-11-9-18(13-20)14-21-3/h4-7,15,18-19H,8-14H2,1-3H3. The number of ether oxygens (including phenoxy) is 1. The van der Waals surface area contributed by atoms with Gasteiger partial charge in [0.25, 0.3) is 0 Å². The fourth-order valence-corrected chi connectivity index (χ4v) is 3.00. The summed E-state index contributed by atoms with van der Waals surface area (Å²) < 4.78 is 5.26. The van der Waals surface area contributed by atoms with Crippen LogP contribution in [0.2, 0.25) is 0 Å². The molecule has 1 atom stereocenters. The molecule has 0 aliphatic carbocycles. The fraction of sp³-hybridized carbons (Fsp3) is 0.667. The maximum Gasteiger partial charge on any atom is 0.0503 e. The number of nitrogens with one attached hydrogen (secondary N) is 1. The van der Waals surface area contributed by atoms with Crippen LogP contribution in [0.3, 0.4) is 0 Å². The minimum absolute atomic E-state index is 0.569. The predicted molar refractivity (Wildman–Crippen MR) is 88.5 cm³/mol. The summed E-state index contributed by atoms with van der Waals surface area (Å²) in [6.07, 6.45) is 2.38. The molecule has 1 fully saturated rings. The third-order valence-corrected chi connectivity index (χ3v) is 4.17. The molecule has 0 radical (unpaired) electrons. The molecule has 0 saturated carbocycles. The van der Waals surface area contributed by atoms with Gasteiger partial charge in [-0.3, -0.25) is 4.90 Å². The van der Waals surface area contributed by atoms with E-state index in [0.717, 1.165) is 32.0 Å². The second kappa shape index (κ2) is 8.52. The van der Waals surface area contributed by atoms with Crippen LogP contribution in [0.5, 0.6) is 0 Å². The SMILES string of the molecule is COCC1CCN(Cc2ccc(CCNC(C)C)cc2)C1. The number of nitrogens with zero attached hydrogens (tertiary/aromatic N) is 1. The molecule has 1 aromatic rings. The number of likely N-dealkylation sites (tertiary alicyclic amines) is 1. The molecule has 1 aliphatic rings. The highest BCUT2D eigenvalue weighted by atomic mass is 16.5. The van der Waals surface area contributed by atoms with Crippen LogP contribution in [0.25, 0.3) is 0 Å². The average Bonchev–Trinajstić information content (AvgIpc) is 2.88. The lowest BCUT2D eigenvalue weighted by Gasteiger charge is -2.16. The molecule has 3 heteroatoms. The summed E-state index contributed by atoms with van der Waals surface area (Å²) in [7, 11) is 1.80. The van der Waals surface area contributed by atoms with E-state index >= 15 is 0 Å². The minimum Gasteiger partial charge on any atom is -0.384 e. The Morgan fingerprint density at radius 1 is 1.24 bits per heavy atom. The largest absolute Gasteiger partial charge is 0.384 e. The maximum atomic E-state index is 5.26. The van der Waals surface area contributed by atoms with Crippen molar-refractivity contribution < 1.29 is 4.74 Å². The van der Waals surface area contributed by atoms with Crippen molar-refractivity contribution in [3.05, 3.63) is 35.4 Å². The highest BCUT2D eigenvalue weighted by molar-refractivity contribution is 5.22. The number of methoxy groups -OCH3 is 1. The lowest BCUT2D eigenvalue weighted by atomic mass is 10.1. The summed E-state index contributed by atoms with van der Waals surface area (Å²) in [5, 5.41) is 3.46. The number of benzene rings is 1. The highest BCUT2D eigenvalue weighted by Gasteiger charge is 2.21. The first-order valence-electron chi connectivity index (χ1n) is 8.20. The predicted octanol–water partition coefficient (Wildman–Crippen LogP) is 2.70. The van der Waals surface area contributed by atoms with Gasteiger partial charge in [0, 0.05) is 26.2 Å². The van der Waals surface area contributed by atoms with E-state index in [1.165, 1.54) is 30.6 Å². The molecule has 0 bridgehead atoms. The Morgan fingerprint density at radius 2 is 1.95 bits per heavy atom. The van der Waals surface area contributed by atoms with Crippen LogP contribution in [-0.2, 0) is 17.7 Å². The lowest BCUT2D eigenvalue weighted by Crippen LogP contribution is -2.25. The zero-order chi connectivity index (χ0) is 15.1. The van der Waals surface area contributed by atoms with E-state index in [-0.39, 0.29) is 0 Å².